The molecule has 0 bridgehead atoms. The number of rotatable bonds is 6. The van der Waals surface area contributed by atoms with Crippen LogP contribution in [0.15, 0.2) is 28.8 Å². The van der Waals surface area contributed by atoms with Crippen molar-refractivity contribution in [3.8, 4) is 0 Å². The summed E-state index contributed by atoms with van der Waals surface area (Å²) < 4.78 is 9.76. The van der Waals surface area contributed by atoms with E-state index in [1.54, 1.807) is 0 Å². The summed E-state index contributed by atoms with van der Waals surface area (Å²) in [5.74, 6) is -1.38. The van der Waals surface area contributed by atoms with Crippen LogP contribution in [0.4, 0.5) is 0 Å². The highest BCUT2D eigenvalue weighted by atomic mass is 32.2. The predicted octanol–water partition coefficient (Wildman–Crippen LogP) is 0.681. The van der Waals surface area contributed by atoms with Gasteiger partial charge in [0.25, 0.3) is 5.91 Å². The van der Waals surface area contributed by atoms with Crippen LogP contribution in [0.3, 0.4) is 0 Å². The number of fused-ring (bicyclic) bond motifs is 1. The van der Waals surface area contributed by atoms with E-state index in [9.17, 15) is 19.2 Å². The van der Waals surface area contributed by atoms with Crippen molar-refractivity contribution >= 4 is 46.9 Å². The normalized spacial score (nSPS) is 21.3. The van der Waals surface area contributed by atoms with Gasteiger partial charge in [0.2, 0.25) is 5.91 Å². The largest absolute Gasteiger partial charge is 0.464 e. The van der Waals surface area contributed by atoms with E-state index >= 15 is 0 Å². The minimum absolute atomic E-state index is 0.0847. The number of thiophene rings is 1. The lowest BCUT2D eigenvalue weighted by atomic mass is 10.0. The number of esters is 2. The topological polar surface area (TPSA) is 102 Å². The first-order chi connectivity index (χ1) is 12.9. The summed E-state index contributed by atoms with van der Waals surface area (Å²) >= 11 is 2.87. The second-order valence-corrected chi connectivity index (χ2v) is 8.07. The fourth-order valence-electron chi connectivity index (χ4n) is 2.86. The van der Waals surface area contributed by atoms with Crippen LogP contribution in [0.25, 0.3) is 0 Å². The number of amides is 2. The maximum atomic E-state index is 12.6. The van der Waals surface area contributed by atoms with Crippen molar-refractivity contribution in [2.45, 2.75) is 24.8 Å². The molecule has 2 amide bonds. The summed E-state index contributed by atoms with van der Waals surface area (Å²) in [7, 11) is 1.22. The van der Waals surface area contributed by atoms with Gasteiger partial charge in [-0.1, -0.05) is 6.07 Å². The Morgan fingerprint density at radius 2 is 2.15 bits per heavy atom. The highest BCUT2D eigenvalue weighted by Crippen LogP contribution is 2.40. The van der Waals surface area contributed by atoms with Gasteiger partial charge in [-0.3, -0.25) is 19.3 Å². The molecular formula is C17H18N2O6S2. The summed E-state index contributed by atoms with van der Waals surface area (Å²) in [4.78, 5) is 50.3. The molecular weight excluding hydrogens is 392 g/mol. The zero-order valence-electron chi connectivity index (χ0n) is 14.7. The molecule has 1 unspecified atom stereocenters. The molecule has 10 heteroatoms. The molecule has 0 spiro atoms. The summed E-state index contributed by atoms with van der Waals surface area (Å²) in [6.45, 7) is 1.18. The number of methoxy groups -OCH3 is 1. The number of nitrogens with one attached hydrogen (secondary N) is 1. The Balaban J connectivity index is 1.72. The molecule has 27 heavy (non-hydrogen) atoms. The fourth-order valence-corrected chi connectivity index (χ4v) is 4.89. The molecule has 8 nitrogen and oxygen atoms in total. The molecule has 0 aromatic carbocycles. The molecule has 1 fully saturated rings. The van der Waals surface area contributed by atoms with Crippen LogP contribution in [0.2, 0.25) is 0 Å². The van der Waals surface area contributed by atoms with Crippen molar-refractivity contribution in [2.24, 2.45) is 0 Å². The van der Waals surface area contributed by atoms with Crippen LogP contribution in [0.1, 0.15) is 11.8 Å². The van der Waals surface area contributed by atoms with Gasteiger partial charge in [-0.15, -0.1) is 23.1 Å². The number of ether oxygens (including phenoxy) is 2. The second kappa shape index (κ2) is 8.13. The number of β-lactam (4-membered cyclic amide) rings is 1. The Morgan fingerprint density at radius 1 is 1.37 bits per heavy atom. The van der Waals surface area contributed by atoms with E-state index in [-0.39, 0.29) is 35.9 Å². The van der Waals surface area contributed by atoms with E-state index in [1.807, 2.05) is 17.5 Å². The molecule has 1 aromatic rings. The number of thioether (sulfide) groups is 1. The predicted molar refractivity (Wildman–Crippen MR) is 98.7 cm³/mol. The van der Waals surface area contributed by atoms with Crippen molar-refractivity contribution in [3.05, 3.63) is 33.7 Å². The first kappa shape index (κ1) is 19.4. The van der Waals surface area contributed by atoms with Crippen molar-refractivity contribution in [1.82, 2.24) is 10.2 Å². The summed E-state index contributed by atoms with van der Waals surface area (Å²) in [6, 6.07) is 3.02. The molecule has 0 radical (unpaired) electrons. The van der Waals surface area contributed by atoms with Gasteiger partial charge in [0, 0.05) is 23.1 Å². The molecule has 3 heterocycles. The maximum Gasteiger partial charge on any atom is 0.354 e. The molecule has 144 valence electrons. The van der Waals surface area contributed by atoms with Gasteiger partial charge in [0.1, 0.15) is 23.7 Å². The first-order valence-electron chi connectivity index (χ1n) is 8.12. The van der Waals surface area contributed by atoms with E-state index in [0.717, 1.165) is 4.88 Å². The molecule has 1 saturated heterocycles. The zero-order valence-corrected chi connectivity index (χ0v) is 16.4. The molecule has 2 aliphatic rings. The average molecular weight is 410 g/mol. The lowest BCUT2D eigenvalue weighted by Gasteiger charge is -2.49. The SMILES string of the molecule is COC(=O)C1=C(COC(C)=O)CS[C@H]2C(NC(=O)Cc3cccs3)C(=O)N12. The highest BCUT2D eigenvalue weighted by Gasteiger charge is 2.54. The van der Waals surface area contributed by atoms with Crippen LogP contribution in [-0.2, 0) is 35.1 Å². The smallest absolute Gasteiger partial charge is 0.354 e. The average Bonchev–Trinajstić information content (AvgIpc) is 3.15. The Morgan fingerprint density at radius 3 is 2.78 bits per heavy atom. The third kappa shape index (κ3) is 4.01. The molecule has 0 saturated carbocycles. The maximum absolute atomic E-state index is 12.6. The lowest BCUT2D eigenvalue weighted by molar-refractivity contribution is -0.152. The van der Waals surface area contributed by atoms with E-state index in [4.69, 9.17) is 9.47 Å². The van der Waals surface area contributed by atoms with Crippen LogP contribution < -0.4 is 5.32 Å². The Labute approximate surface area is 163 Å². The number of carbonyl (C=O) groups excluding carboxylic acids is 4. The standard InChI is InChI=1S/C17H18N2O6S2/c1-9(20)25-7-10-8-27-16-13(15(22)19(16)14(10)17(23)24-2)18-12(21)6-11-4-3-5-26-11/h3-5,13,16H,6-8H2,1-2H3,(H,18,21)/t13?,16-/m0/s1. The van der Waals surface area contributed by atoms with Gasteiger partial charge in [0.05, 0.1) is 13.5 Å². The minimum Gasteiger partial charge on any atom is -0.464 e. The zero-order chi connectivity index (χ0) is 19.6. The third-order valence-electron chi connectivity index (χ3n) is 4.11. The Bertz CT molecular complexity index is 804. The summed E-state index contributed by atoms with van der Waals surface area (Å²) in [5, 5.41) is 4.24. The highest BCUT2D eigenvalue weighted by molar-refractivity contribution is 8.00. The van der Waals surface area contributed by atoms with E-state index in [2.05, 4.69) is 5.32 Å². The molecule has 2 atom stereocenters. The van der Waals surface area contributed by atoms with Gasteiger partial charge in [0.15, 0.2) is 0 Å². The molecule has 2 aliphatic heterocycles. The number of carbonyl (C=O) groups is 4. The van der Waals surface area contributed by atoms with E-state index < -0.39 is 18.0 Å². The van der Waals surface area contributed by atoms with Crippen molar-refractivity contribution in [3.63, 3.8) is 0 Å². The van der Waals surface area contributed by atoms with Crippen LogP contribution in [0.5, 0.6) is 0 Å². The van der Waals surface area contributed by atoms with E-state index in [0.29, 0.717) is 11.3 Å². The monoisotopic (exact) mass is 410 g/mol. The number of nitrogens with zero attached hydrogens (tertiary/aromatic N) is 1. The van der Waals surface area contributed by atoms with Gasteiger partial charge in [-0.05, 0) is 11.4 Å². The van der Waals surface area contributed by atoms with Gasteiger partial charge in [-0.25, -0.2) is 4.79 Å². The van der Waals surface area contributed by atoms with Gasteiger partial charge >= 0.3 is 11.9 Å². The van der Waals surface area contributed by atoms with Gasteiger partial charge < -0.3 is 14.8 Å². The summed E-state index contributed by atoms with van der Waals surface area (Å²) in [6.07, 6.45) is 0.205. The third-order valence-corrected chi connectivity index (χ3v) is 6.32. The fraction of sp³-hybridized carbons (Fsp3) is 0.412. The molecule has 3 rings (SSSR count). The number of hydrogen-bond donors (Lipinski definition) is 1. The van der Waals surface area contributed by atoms with Crippen molar-refractivity contribution in [1.29, 1.82) is 0 Å². The van der Waals surface area contributed by atoms with Gasteiger partial charge in [-0.2, -0.15) is 0 Å². The lowest BCUT2D eigenvalue weighted by Crippen LogP contribution is -2.70. The minimum atomic E-state index is -0.697. The van der Waals surface area contributed by atoms with Crippen molar-refractivity contribution in [2.75, 3.05) is 19.5 Å². The van der Waals surface area contributed by atoms with Crippen LogP contribution in [-0.4, -0.2) is 59.5 Å². The van der Waals surface area contributed by atoms with Crippen LogP contribution >= 0.6 is 23.1 Å². The molecule has 1 aromatic heterocycles. The summed E-state index contributed by atoms with van der Waals surface area (Å²) in [5.41, 5.74) is 0.603. The second-order valence-electron chi connectivity index (χ2n) is 5.94. The number of hydrogen-bond acceptors (Lipinski definition) is 8. The first-order valence-corrected chi connectivity index (χ1v) is 10.0. The van der Waals surface area contributed by atoms with E-state index in [1.165, 1.54) is 42.0 Å². The quantitative estimate of drug-likeness (QED) is 0.543. The Kier molecular flexibility index (Phi) is 5.85. The molecule has 0 aliphatic carbocycles. The van der Waals surface area contributed by atoms with Crippen LogP contribution in [0, 0.1) is 0 Å². The Hall–Kier alpha value is -2.33. The molecule has 1 N–H and O–H groups in total. The van der Waals surface area contributed by atoms with Crippen molar-refractivity contribution < 1.29 is 28.7 Å².